The van der Waals surface area contributed by atoms with Crippen LogP contribution < -0.4 is 5.56 Å². The Balaban J connectivity index is 1.67. The van der Waals surface area contributed by atoms with E-state index in [1.54, 1.807) is 12.4 Å². The molecule has 0 radical (unpaired) electrons. The summed E-state index contributed by atoms with van der Waals surface area (Å²) in [4.78, 5) is 31.3. The van der Waals surface area contributed by atoms with E-state index in [0.717, 1.165) is 30.5 Å². The molecule has 1 amide bonds. The van der Waals surface area contributed by atoms with Crippen molar-refractivity contribution < 1.29 is 9.53 Å². The fraction of sp³-hybridized carbons (Fsp3) is 0.526. The Morgan fingerprint density at radius 2 is 2.24 bits per heavy atom. The first-order valence-electron chi connectivity index (χ1n) is 8.94. The second kappa shape index (κ2) is 7.78. The minimum Gasteiger partial charge on any atom is -0.377 e. The quantitative estimate of drug-likeness (QED) is 0.834. The average molecular weight is 343 g/mol. The summed E-state index contributed by atoms with van der Waals surface area (Å²) in [5, 5.41) is 0.601. The van der Waals surface area contributed by atoms with Crippen LogP contribution in [0.15, 0.2) is 29.3 Å². The molecule has 1 saturated heterocycles. The number of hydrogen-bond donors (Lipinski definition) is 0. The molecule has 1 aromatic carbocycles. The first-order valence-corrected chi connectivity index (χ1v) is 8.94. The summed E-state index contributed by atoms with van der Waals surface area (Å²) < 4.78 is 7.18. The van der Waals surface area contributed by atoms with Crippen molar-refractivity contribution in [1.82, 2.24) is 14.5 Å². The highest BCUT2D eigenvalue weighted by Crippen LogP contribution is 2.15. The third kappa shape index (κ3) is 3.90. The fourth-order valence-electron chi connectivity index (χ4n) is 3.41. The zero-order valence-corrected chi connectivity index (χ0v) is 14.9. The lowest BCUT2D eigenvalue weighted by atomic mass is 10.1. The number of para-hydroxylation sites is 1. The Kier molecular flexibility index (Phi) is 5.48. The van der Waals surface area contributed by atoms with Gasteiger partial charge in [-0.25, -0.2) is 4.98 Å². The van der Waals surface area contributed by atoms with Crippen LogP contribution in [0.3, 0.4) is 0 Å². The van der Waals surface area contributed by atoms with Crippen molar-refractivity contribution in [1.29, 1.82) is 0 Å². The van der Waals surface area contributed by atoms with Crippen molar-refractivity contribution >= 4 is 16.8 Å². The van der Waals surface area contributed by atoms with E-state index in [9.17, 15) is 9.59 Å². The number of hydrogen-bond acceptors (Lipinski definition) is 4. The smallest absolute Gasteiger partial charge is 0.261 e. The number of ether oxygens (including phenoxy) is 1. The topological polar surface area (TPSA) is 64.4 Å². The van der Waals surface area contributed by atoms with Crippen molar-refractivity contribution in [2.45, 2.75) is 45.8 Å². The molecule has 25 heavy (non-hydrogen) atoms. The molecule has 0 bridgehead atoms. The van der Waals surface area contributed by atoms with E-state index in [-0.39, 0.29) is 17.6 Å². The molecule has 1 atom stereocenters. The standard InChI is InChI=1S/C19H25N3O3/c1-3-25-15-7-5-10-21(12-15)17(23)9-11-22-13-20-18-14(2)6-4-8-16(18)19(22)24/h4,6,8,13,15H,3,5,7,9-12H2,1-2H3/t15-/m1/s1. The van der Waals surface area contributed by atoms with Crippen LogP contribution in [0.2, 0.25) is 0 Å². The first kappa shape index (κ1) is 17.6. The number of benzene rings is 1. The first-order chi connectivity index (χ1) is 12.1. The van der Waals surface area contributed by atoms with Crippen LogP contribution in [-0.4, -0.2) is 46.2 Å². The van der Waals surface area contributed by atoms with E-state index in [0.29, 0.717) is 31.5 Å². The van der Waals surface area contributed by atoms with Gasteiger partial charge in [-0.1, -0.05) is 12.1 Å². The molecule has 0 aliphatic carbocycles. The van der Waals surface area contributed by atoms with Gasteiger partial charge < -0.3 is 9.64 Å². The molecular weight excluding hydrogens is 318 g/mol. The number of fused-ring (bicyclic) bond motifs is 1. The molecule has 6 nitrogen and oxygen atoms in total. The van der Waals surface area contributed by atoms with Crippen molar-refractivity contribution in [2.75, 3.05) is 19.7 Å². The monoisotopic (exact) mass is 343 g/mol. The molecule has 0 N–H and O–H groups in total. The number of amides is 1. The van der Waals surface area contributed by atoms with Crippen LogP contribution in [0.1, 0.15) is 31.7 Å². The number of rotatable bonds is 5. The largest absolute Gasteiger partial charge is 0.377 e. The Morgan fingerprint density at radius 1 is 1.40 bits per heavy atom. The van der Waals surface area contributed by atoms with Crippen LogP contribution in [-0.2, 0) is 16.1 Å². The summed E-state index contributed by atoms with van der Waals surface area (Å²) in [6, 6.07) is 5.58. The van der Waals surface area contributed by atoms with Gasteiger partial charge in [0.1, 0.15) is 0 Å². The SMILES string of the molecule is CCO[C@@H]1CCCN(C(=O)CCn2cnc3c(C)cccc3c2=O)C1. The molecule has 0 spiro atoms. The molecule has 1 fully saturated rings. The van der Waals surface area contributed by atoms with Crippen LogP contribution >= 0.6 is 0 Å². The fourth-order valence-corrected chi connectivity index (χ4v) is 3.41. The lowest BCUT2D eigenvalue weighted by molar-refractivity contribution is -0.135. The maximum atomic E-state index is 12.6. The Morgan fingerprint density at radius 3 is 3.04 bits per heavy atom. The summed E-state index contributed by atoms with van der Waals surface area (Å²) in [5.74, 6) is 0.0700. The zero-order chi connectivity index (χ0) is 17.8. The maximum Gasteiger partial charge on any atom is 0.261 e. The van der Waals surface area contributed by atoms with Gasteiger partial charge >= 0.3 is 0 Å². The van der Waals surface area contributed by atoms with Crippen LogP contribution in [0.25, 0.3) is 10.9 Å². The summed E-state index contributed by atoms with van der Waals surface area (Å²) >= 11 is 0. The second-order valence-electron chi connectivity index (χ2n) is 6.52. The normalized spacial score (nSPS) is 17.8. The summed E-state index contributed by atoms with van der Waals surface area (Å²) in [5.41, 5.74) is 1.62. The van der Waals surface area contributed by atoms with E-state index >= 15 is 0 Å². The molecule has 134 valence electrons. The number of aromatic nitrogens is 2. The Labute approximate surface area is 147 Å². The highest BCUT2D eigenvalue weighted by atomic mass is 16.5. The lowest BCUT2D eigenvalue weighted by Crippen LogP contribution is -2.43. The van der Waals surface area contributed by atoms with E-state index in [1.165, 1.54) is 4.57 Å². The molecule has 2 aromatic rings. The van der Waals surface area contributed by atoms with E-state index in [2.05, 4.69) is 4.98 Å². The number of nitrogens with zero attached hydrogens (tertiary/aromatic N) is 3. The van der Waals surface area contributed by atoms with Crippen LogP contribution in [0.4, 0.5) is 0 Å². The van der Waals surface area contributed by atoms with Gasteiger partial charge in [0, 0.05) is 32.7 Å². The molecule has 1 aliphatic rings. The second-order valence-corrected chi connectivity index (χ2v) is 6.52. The zero-order valence-electron chi connectivity index (χ0n) is 14.9. The number of carbonyl (C=O) groups excluding carboxylic acids is 1. The van der Waals surface area contributed by atoms with Crippen LogP contribution in [0, 0.1) is 6.92 Å². The van der Waals surface area contributed by atoms with Gasteiger partial charge in [0.15, 0.2) is 0 Å². The number of carbonyl (C=O) groups is 1. The molecule has 0 unspecified atom stereocenters. The van der Waals surface area contributed by atoms with Gasteiger partial charge in [-0.05, 0) is 38.3 Å². The average Bonchev–Trinajstić information content (AvgIpc) is 2.62. The maximum absolute atomic E-state index is 12.6. The summed E-state index contributed by atoms with van der Waals surface area (Å²) in [6.07, 6.45) is 3.95. The van der Waals surface area contributed by atoms with Crippen molar-refractivity contribution in [3.63, 3.8) is 0 Å². The van der Waals surface area contributed by atoms with Crippen molar-refractivity contribution in [3.05, 3.63) is 40.4 Å². The Bertz CT molecular complexity index is 813. The number of piperidine rings is 1. The number of aryl methyl sites for hydroxylation is 2. The van der Waals surface area contributed by atoms with Crippen LogP contribution in [0.5, 0.6) is 0 Å². The third-order valence-electron chi connectivity index (χ3n) is 4.76. The predicted octanol–water partition coefficient (Wildman–Crippen LogP) is 2.12. The van der Waals surface area contributed by atoms with Gasteiger partial charge in [0.25, 0.3) is 5.56 Å². The minimum atomic E-state index is -0.0904. The van der Waals surface area contributed by atoms with Crippen molar-refractivity contribution in [2.24, 2.45) is 0 Å². The van der Waals surface area contributed by atoms with Gasteiger partial charge in [0.2, 0.25) is 5.91 Å². The Hall–Kier alpha value is -2.21. The molecule has 0 saturated carbocycles. The highest BCUT2D eigenvalue weighted by molar-refractivity contribution is 5.80. The minimum absolute atomic E-state index is 0.0700. The van der Waals surface area contributed by atoms with E-state index in [1.807, 2.05) is 30.9 Å². The summed E-state index contributed by atoms with van der Waals surface area (Å²) in [6.45, 7) is 6.35. The van der Waals surface area contributed by atoms with Gasteiger partial charge in [-0.2, -0.15) is 0 Å². The lowest BCUT2D eigenvalue weighted by Gasteiger charge is -2.32. The summed E-state index contributed by atoms with van der Waals surface area (Å²) in [7, 11) is 0. The van der Waals surface area contributed by atoms with Gasteiger partial charge in [-0.3, -0.25) is 14.2 Å². The molecule has 3 rings (SSSR count). The van der Waals surface area contributed by atoms with Gasteiger partial charge in [0.05, 0.1) is 23.3 Å². The van der Waals surface area contributed by atoms with E-state index in [4.69, 9.17) is 4.74 Å². The molecule has 6 heteroatoms. The molecule has 1 aromatic heterocycles. The highest BCUT2D eigenvalue weighted by Gasteiger charge is 2.23. The molecular formula is C19H25N3O3. The van der Waals surface area contributed by atoms with Crippen molar-refractivity contribution in [3.8, 4) is 0 Å². The predicted molar refractivity (Wildman–Crippen MR) is 96.6 cm³/mol. The van der Waals surface area contributed by atoms with Gasteiger partial charge in [-0.15, -0.1) is 0 Å². The van der Waals surface area contributed by atoms with E-state index < -0.39 is 0 Å². The third-order valence-corrected chi connectivity index (χ3v) is 4.76. The molecule has 2 heterocycles. The number of likely N-dealkylation sites (tertiary alicyclic amines) is 1. The molecule has 1 aliphatic heterocycles.